The van der Waals surface area contributed by atoms with E-state index in [0.29, 0.717) is 12.5 Å². The van der Waals surface area contributed by atoms with E-state index < -0.39 is 5.60 Å². The molecule has 0 bridgehead atoms. The Kier molecular flexibility index (Phi) is 7.26. The number of piperazine rings is 1. The summed E-state index contributed by atoms with van der Waals surface area (Å²) in [6, 6.07) is 22.1. The highest BCUT2D eigenvalue weighted by Gasteiger charge is 2.22. The van der Waals surface area contributed by atoms with Gasteiger partial charge >= 0.3 is 0 Å². The first-order valence-corrected chi connectivity index (χ1v) is 12.9. The Morgan fingerprint density at radius 3 is 2.42 bits per heavy atom. The fourth-order valence-corrected chi connectivity index (χ4v) is 4.91. The second-order valence-electron chi connectivity index (χ2n) is 10.4. The molecule has 3 N–H and O–H groups in total. The van der Waals surface area contributed by atoms with Crippen molar-refractivity contribution in [3.8, 4) is 11.1 Å². The quantitative estimate of drug-likeness (QED) is 0.326. The highest BCUT2D eigenvalue weighted by Crippen LogP contribution is 2.30. The summed E-state index contributed by atoms with van der Waals surface area (Å²) in [5, 5.41) is 17.2. The Morgan fingerprint density at radius 1 is 0.974 bits per heavy atom. The van der Waals surface area contributed by atoms with Crippen LogP contribution < -0.4 is 15.5 Å². The Labute approximate surface area is 223 Å². The predicted molar refractivity (Wildman–Crippen MR) is 154 cm³/mol. The van der Waals surface area contributed by atoms with Crippen molar-refractivity contribution in [3.05, 3.63) is 72.9 Å². The van der Waals surface area contributed by atoms with E-state index in [4.69, 9.17) is 4.98 Å². The largest absolute Gasteiger partial charge is 0.389 e. The Morgan fingerprint density at radius 2 is 1.71 bits per heavy atom. The summed E-state index contributed by atoms with van der Waals surface area (Å²) >= 11 is 0. The summed E-state index contributed by atoms with van der Waals surface area (Å²) in [7, 11) is 0. The van der Waals surface area contributed by atoms with Gasteiger partial charge in [0.2, 0.25) is 11.9 Å². The summed E-state index contributed by atoms with van der Waals surface area (Å²) in [6.45, 7) is 9.65. The lowest BCUT2D eigenvalue weighted by Gasteiger charge is -2.38. The molecule has 0 radical (unpaired) electrons. The highest BCUT2D eigenvalue weighted by atomic mass is 16.3. The molecule has 1 aliphatic rings. The first-order chi connectivity index (χ1) is 18.2. The number of benzene rings is 3. The zero-order chi connectivity index (χ0) is 26.7. The van der Waals surface area contributed by atoms with Gasteiger partial charge < -0.3 is 20.6 Å². The van der Waals surface area contributed by atoms with E-state index in [1.807, 2.05) is 62.5 Å². The maximum atomic E-state index is 11.5. The van der Waals surface area contributed by atoms with Crippen molar-refractivity contribution >= 4 is 39.8 Å². The van der Waals surface area contributed by atoms with Crippen molar-refractivity contribution in [1.82, 2.24) is 14.9 Å². The number of hydrogen-bond acceptors (Lipinski definition) is 7. The highest BCUT2D eigenvalue weighted by molar-refractivity contribution is 5.95. The van der Waals surface area contributed by atoms with Gasteiger partial charge in [0, 0.05) is 73.9 Å². The third kappa shape index (κ3) is 6.27. The molecule has 0 unspecified atom stereocenters. The van der Waals surface area contributed by atoms with Gasteiger partial charge in [0.1, 0.15) is 0 Å². The zero-order valence-corrected chi connectivity index (χ0v) is 22.1. The van der Waals surface area contributed by atoms with E-state index in [1.54, 1.807) is 0 Å². The molecule has 3 aromatic carbocycles. The minimum atomic E-state index is -0.669. The molecular weight excluding hydrogens is 476 g/mol. The molecule has 1 amide bonds. The monoisotopic (exact) mass is 510 g/mol. The van der Waals surface area contributed by atoms with Gasteiger partial charge in [-0.15, -0.1) is 0 Å². The Hall–Kier alpha value is -4.01. The van der Waals surface area contributed by atoms with Crippen LogP contribution in [0.25, 0.3) is 22.0 Å². The van der Waals surface area contributed by atoms with E-state index in [0.717, 1.165) is 59.6 Å². The number of nitrogens with zero attached hydrogens (tertiary/aromatic N) is 4. The number of aromatic nitrogens is 2. The summed E-state index contributed by atoms with van der Waals surface area (Å²) in [5.41, 5.74) is 4.96. The van der Waals surface area contributed by atoms with Crippen LogP contribution in [0.3, 0.4) is 0 Å². The molecule has 1 saturated heterocycles. The smallest absolute Gasteiger partial charge is 0.227 e. The average Bonchev–Trinajstić information content (AvgIpc) is 2.88. The molecule has 8 nitrogen and oxygen atoms in total. The number of β-amino-alcohol motifs (C(OH)–C–C–N with tert-alkyl or cyclic N) is 1. The maximum Gasteiger partial charge on any atom is 0.227 e. The van der Waals surface area contributed by atoms with Gasteiger partial charge in [-0.25, -0.2) is 9.97 Å². The van der Waals surface area contributed by atoms with Crippen LogP contribution in [-0.4, -0.2) is 64.2 Å². The molecule has 5 rings (SSSR count). The van der Waals surface area contributed by atoms with Gasteiger partial charge in [0.05, 0.1) is 11.1 Å². The normalized spacial score (nSPS) is 14.5. The molecule has 0 atom stereocenters. The van der Waals surface area contributed by atoms with Gasteiger partial charge in [0.25, 0.3) is 0 Å². The lowest BCUT2D eigenvalue weighted by Crippen LogP contribution is -2.50. The lowest BCUT2D eigenvalue weighted by molar-refractivity contribution is -0.114. The van der Waals surface area contributed by atoms with Crippen molar-refractivity contribution in [3.63, 3.8) is 0 Å². The SMILES string of the molecule is CC(=O)Nc1cccc(-c2cccc3cnc(Nc4ccc(N5CCN(CC(C)(C)O)CC5)cc4)nc23)c1. The van der Waals surface area contributed by atoms with E-state index in [1.165, 1.54) is 12.6 Å². The molecule has 0 aliphatic carbocycles. The number of para-hydroxylation sites is 1. The standard InChI is InChI=1S/C30H34N6O2/c1-21(37)32-25-8-4-6-22(18-25)27-9-5-7-23-19-31-29(34-28(23)27)33-24-10-12-26(13-11-24)36-16-14-35(15-17-36)20-30(2,3)38/h4-13,18-19,38H,14-17,20H2,1-3H3,(H,32,37)(H,31,33,34). The second kappa shape index (κ2) is 10.8. The van der Waals surface area contributed by atoms with Gasteiger partial charge in [-0.2, -0.15) is 0 Å². The third-order valence-corrected chi connectivity index (χ3v) is 6.58. The third-order valence-electron chi connectivity index (χ3n) is 6.58. The van der Waals surface area contributed by atoms with Crippen LogP contribution in [0.15, 0.2) is 72.9 Å². The van der Waals surface area contributed by atoms with Crippen molar-refractivity contribution in [2.45, 2.75) is 26.4 Å². The molecule has 0 spiro atoms. The molecule has 1 aromatic heterocycles. The number of amides is 1. The van der Waals surface area contributed by atoms with E-state index in [2.05, 4.69) is 49.7 Å². The van der Waals surface area contributed by atoms with Crippen LogP contribution in [0.2, 0.25) is 0 Å². The fraction of sp³-hybridized carbons (Fsp3) is 0.300. The lowest BCUT2D eigenvalue weighted by atomic mass is 10.0. The Balaban J connectivity index is 1.30. The zero-order valence-electron chi connectivity index (χ0n) is 22.1. The van der Waals surface area contributed by atoms with E-state index in [9.17, 15) is 9.90 Å². The molecule has 8 heteroatoms. The molecule has 1 aliphatic heterocycles. The van der Waals surface area contributed by atoms with Crippen LogP contribution in [-0.2, 0) is 4.79 Å². The number of carbonyl (C=O) groups is 1. The van der Waals surface area contributed by atoms with Crippen molar-refractivity contribution in [1.29, 1.82) is 0 Å². The number of carbonyl (C=O) groups excluding carboxylic acids is 1. The number of rotatable bonds is 7. The molecule has 2 heterocycles. The second-order valence-corrected chi connectivity index (χ2v) is 10.4. The van der Waals surface area contributed by atoms with Crippen molar-refractivity contribution in [2.75, 3.05) is 48.3 Å². The van der Waals surface area contributed by atoms with E-state index >= 15 is 0 Å². The van der Waals surface area contributed by atoms with Gasteiger partial charge in [0.15, 0.2) is 0 Å². The first kappa shape index (κ1) is 25.6. The molecule has 196 valence electrons. The summed E-state index contributed by atoms with van der Waals surface area (Å²) in [6.07, 6.45) is 1.83. The van der Waals surface area contributed by atoms with Gasteiger partial charge in [-0.05, 0) is 55.8 Å². The minimum absolute atomic E-state index is 0.104. The van der Waals surface area contributed by atoms with Crippen LogP contribution in [0, 0.1) is 0 Å². The number of anilines is 4. The topological polar surface area (TPSA) is 93.6 Å². The van der Waals surface area contributed by atoms with Crippen molar-refractivity contribution < 1.29 is 9.90 Å². The fourth-order valence-electron chi connectivity index (χ4n) is 4.91. The minimum Gasteiger partial charge on any atom is -0.389 e. The summed E-state index contributed by atoms with van der Waals surface area (Å²) in [4.78, 5) is 25.6. The maximum absolute atomic E-state index is 11.5. The van der Waals surface area contributed by atoms with Crippen molar-refractivity contribution in [2.24, 2.45) is 0 Å². The molecule has 4 aromatic rings. The van der Waals surface area contributed by atoms with Crippen LogP contribution in [0.5, 0.6) is 0 Å². The average molecular weight is 511 g/mol. The molecule has 0 saturated carbocycles. The number of nitrogens with one attached hydrogen (secondary N) is 2. The number of hydrogen-bond donors (Lipinski definition) is 3. The van der Waals surface area contributed by atoms with Gasteiger partial charge in [-0.3, -0.25) is 9.69 Å². The Bertz CT molecular complexity index is 1420. The van der Waals surface area contributed by atoms with Crippen LogP contribution >= 0.6 is 0 Å². The van der Waals surface area contributed by atoms with Crippen LogP contribution in [0.1, 0.15) is 20.8 Å². The van der Waals surface area contributed by atoms with E-state index in [-0.39, 0.29) is 5.91 Å². The van der Waals surface area contributed by atoms with Crippen LogP contribution in [0.4, 0.5) is 23.0 Å². The molecule has 38 heavy (non-hydrogen) atoms. The summed E-state index contributed by atoms with van der Waals surface area (Å²) < 4.78 is 0. The number of fused-ring (bicyclic) bond motifs is 1. The molecule has 1 fully saturated rings. The predicted octanol–water partition coefficient (Wildman–Crippen LogP) is 4.89. The molecular formula is C30H34N6O2. The first-order valence-electron chi connectivity index (χ1n) is 12.9. The van der Waals surface area contributed by atoms with Gasteiger partial charge in [-0.1, -0.05) is 30.3 Å². The number of aliphatic hydroxyl groups is 1. The summed E-state index contributed by atoms with van der Waals surface area (Å²) in [5.74, 6) is 0.420.